The lowest BCUT2D eigenvalue weighted by atomic mass is 10.1. The zero-order valence-electron chi connectivity index (χ0n) is 9.00. The van der Waals surface area contributed by atoms with Gasteiger partial charge in [0.05, 0.1) is 0 Å². The van der Waals surface area contributed by atoms with Crippen molar-refractivity contribution < 1.29 is 0 Å². The van der Waals surface area contributed by atoms with Crippen molar-refractivity contribution in [2.75, 3.05) is 6.54 Å². The number of hydrogen-bond acceptors (Lipinski definition) is 1. The second kappa shape index (κ2) is 5.00. The summed E-state index contributed by atoms with van der Waals surface area (Å²) in [6, 6.07) is 8.96. The molecular formula is C14H17N. The highest BCUT2D eigenvalue weighted by atomic mass is 14.8. The van der Waals surface area contributed by atoms with E-state index in [9.17, 15) is 0 Å². The molecule has 1 aliphatic rings. The SMILES string of the molecule is C#CCCNCc1ccc(C2CC2)cc1. The molecule has 2 rings (SSSR count). The van der Waals surface area contributed by atoms with Gasteiger partial charge >= 0.3 is 0 Å². The van der Waals surface area contributed by atoms with Gasteiger partial charge in [-0.2, -0.15) is 0 Å². The van der Waals surface area contributed by atoms with Crippen LogP contribution in [0.2, 0.25) is 0 Å². The van der Waals surface area contributed by atoms with Crippen LogP contribution in [0.4, 0.5) is 0 Å². The molecule has 0 bridgehead atoms. The summed E-state index contributed by atoms with van der Waals surface area (Å²) in [5.41, 5.74) is 2.85. The molecule has 1 fully saturated rings. The van der Waals surface area contributed by atoms with Crippen LogP contribution in [0.5, 0.6) is 0 Å². The normalized spacial score (nSPS) is 14.9. The smallest absolute Gasteiger partial charge is 0.0212 e. The first-order chi connectivity index (χ1) is 7.40. The van der Waals surface area contributed by atoms with Crippen molar-refractivity contribution >= 4 is 0 Å². The number of rotatable bonds is 5. The topological polar surface area (TPSA) is 12.0 Å². The highest BCUT2D eigenvalue weighted by molar-refractivity contribution is 5.27. The summed E-state index contributed by atoms with van der Waals surface area (Å²) in [5, 5.41) is 3.32. The molecule has 1 aromatic carbocycles. The molecule has 1 saturated carbocycles. The summed E-state index contributed by atoms with van der Waals surface area (Å²) >= 11 is 0. The van der Waals surface area contributed by atoms with Crippen molar-refractivity contribution in [3.8, 4) is 12.3 Å². The van der Waals surface area contributed by atoms with Crippen LogP contribution in [0.25, 0.3) is 0 Å². The third-order valence-electron chi connectivity index (χ3n) is 2.80. The van der Waals surface area contributed by atoms with Gasteiger partial charge in [-0.15, -0.1) is 12.3 Å². The number of terminal acetylenes is 1. The largest absolute Gasteiger partial charge is 0.312 e. The van der Waals surface area contributed by atoms with Gasteiger partial charge in [0.2, 0.25) is 0 Å². The molecule has 15 heavy (non-hydrogen) atoms. The Hall–Kier alpha value is -1.26. The predicted octanol–water partition coefficient (Wildman–Crippen LogP) is 2.68. The van der Waals surface area contributed by atoms with Gasteiger partial charge in [0.1, 0.15) is 0 Å². The minimum absolute atomic E-state index is 0.806. The maximum Gasteiger partial charge on any atom is 0.0212 e. The highest BCUT2D eigenvalue weighted by Gasteiger charge is 2.22. The van der Waals surface area contributed by atoms with E-state index in [0.717, 1.165) is 25.4 Å². The van der Waals surface area contributed by atoms with Gasteiger partial charge < -0.3 is 5.32 Å². The maximum atomic E-state index is 5.18. The van der Waals surface area contributed by atoms with Crippen LogP contribution in [0.3, 0.4) is 0 Å². The van der Waals surface area contributed by atoms with Crippen molar-refractivity contribution in [1.82, 2.24) is 5.32 Å². The average molecular weight is 199 g/mol. The van der Waals surface area contributed by atoms with E-state index in [4.69, 9.17) is 6.42 Å². The van der Waals surface area contributed by atoms with Crippen molar-refractivity contribution in [2.45, 2.75) is 31.7 Å². The van der Waals surface area contributed by atoms with Crippen LogP contribution in [0.1, 0.15) is 36.3 Å². The van der Waals surface area contributed by atoms with E-state index in [-0.39, 0.29) is 0 Å². The molecule has 1 nitrogen and oxygen atoms in total. The van der Waals surface area contributed by atoms with Crippen molar-refractivity contribution in [3.05, 3.63) is 35.4 Å². The molecule has 0 unspecified atom stereocenters. The number of hydrogen-bond donors (Lipinski definition) is 1. The average Bonchev–Trinajstić information content (AvgIpc) is 3.09. The molecule has 1 aliphatic carbocycles. The van der Waals surface area contributed by atoms with Gasteiger partial charge in [-0.3, -0.25) is 0 Å². The minimum Gasteiger partial charge on any atom is -0.312 e. The predicted molar refractivity (Wildman–Crippen MR) is 63.6 cm³/mol. The Morgan fingerprint density at radius 2 is 2.00 bits per heavy atom. The minimum atomic E-state index is 0.806. The summed E-state index contributed by atoms with van der Waals surface area (Å²) < 4.78 is 0. The van der Waals surface area contributed by atoms with E-state index in [2.05, 4.69) is 35.5 Å². The van der Waals surface area contributed by atoms with Crippen LogP contribution in [-0.4, -0.2) is 6.54 Å². The molecule has 0 atom stereocenters. The molecule has 0 aromatic heterocycles. The Morgan fingerprint density at radius 3 is 2.60 bits per heavy atom. The van der Waals surface area contributed by atoms with Crippen LogP contribution >= 0.6 is 0 Å². The maximum absolute atomic E-state index is 5.18. The van der Waals surface area contributed by atoms with Crippen LogP contribution in [-0.2, 0) is 6.54 Å². The Labute approximate surface area is 91.9 Å². The number of benzene rings is 1. The van der Waals surface area contributed by atoms with Crippen LogP contribution < -0.4 is 5.32 Å². The van der Waals surface area contributed by atoms with Gasteiger partial charge in [0.25, 0.3) is 0 Å². The van der Waals surface area contributed by atoms with Gasteiger partial charge in [-0.1, -0.05) is 24.3 Å². The number of nitrogens with one attached hydrogen (secondary N) is 1. The lowest BCUT2D eigenvalue weighted by Gasteiger charge is -2.04. The van der Waals surface area contributed by atoms with Crippen LogP contribution in [0, 0.1) is 12.3 Å². The van der Waals surface area contributed by atoms with Crippen molar-refractivity contribution in [3.63, 3.8) is 0 Å². The first kappa shape index (κ1) is 10.3. The summed E-state index contributed by atoms with van der Waals surface area (Å²) in [6.07, 6.45) is 8.73. The highest BCUT2D eigenvalue weighted by Crippen LogP contribution is 2.39. The summed E-state index contributed by atoms with van der Waals surface area (Å²) in [7, 11) is 0. The van der Waals surface area contributed by atoms with Crippen molar-refractivity contribution in [1.29, 1.82) is 0 Å². The van der Waals surface area contributed by atoms with E-state index < -0.39 is 0 Å². The molecule has 78 valence electrons. The Kier molecular flexibility index (Phi) is 3.42. The molecular weight excluding hydrogens is 182 g/mol. The van der Waals surface area contributed by atoms with Gasteiger partial charge in [0.15, 0.2) is 0 Å². The van der Waals surface area contributed by atoms with Gasteiger partial charge in [-0.05, 0) is 29.9 Å². The first-order valence-electron chi connectivity index (χ1n) is 5.63. The summed E-state index contributed by atoms with van der Waals surface area (Å²) in [6.45, 7) is 1.83. The second-order valence-corrected chi connectivity index (χ2v) is 4.15. The lowest BCUT2D eigenvalue weighted by Crippen LogP contribution is -2.13. The molecule has 0 spiro atoms. The molecule has 0 aliphatic heterocycles. The monoisotopic (exact) mass is 199 g/mol. The quantitative estimate of drug-likeness (QED) is 0.568. The molecule has 0 radical (unpaired) electrons. The standard InChI is InChI=1S/C14H17N/c1-2-3-10-15-11-12-4-6-13(7-5-12)14-8-9-14/h1,4-7,14-15H,3,8-11H2. The zero-order chi connectivity index (χ0) is 10.5. The Morgan fingerprint density at radius 1 is 1.27 bits per heavy atom. The zero-order valence-corrected chi connectivity index (χ0v) is 9.00. The second-order valence-electron chi connectivity index (χ2n) is 4.15. The first-order valence-corrected chi connectivity index (χ1v) is 5.63. The van der Waals surface area contributed by atoms with Crippen molar-refractivity contribution in [2.24, 2.45) is 0 Å². The molecule has 1 heteroatoms. The fourth-order valence-corrected chi connectivity index (χ4v) is 1.72. The van der Waals surface area contributed by atoms with E-state index in [1.807, 2.05) is 0 Å². The fraction of sp³-hybridized carbons (Fsp3) is 0.429. The summed E-state index contributed by atoms with van der Waals surface area (Å²) in [4.78, 5) is 0. The van der Waals surface area contributed by atoms with E-state index >= 15 is 0 Å². The third-order valence-corrected chi connectivity index (χ3v) is 2.80. The Bertz CT molecular complexity index is 341. The molecule has 0 heterocycles. The molecule has 0 amide bonds. The molecule has 0 saturated heterocycles. The van der Waals surface area contributed by atoms with Gasteiger partial charge in [-0.25, -0.2) is 0 Å². The third kappa shape index (κ3) is 3.11. The fourth-order valence-electron chi connectivity index (χ4n) is 1.72. The van der Waals surface area contributed by atoms with E-state index in [1.54, 1.807) is 0 Å². The van der Waals surface area contributed by atoms with Gasteiger partial charge in [0, 0.05) is 19.5 Å². The Balaban J connectivity index is 1.79. The van der Waals surface area contributed by atoms with E-state index in [0.29, 0.717) is 0 Å². The molecule has 1 N–H and O–H groups in total. The summed E-state index contributed by atoms with van der Waals surface area (Å²) in [5.74, 6) is 3.48. The lowest BCUT2D eigenvalue weighted by molar-refractivity contribution is 0.701. The molecule has 1 aromatic rings. The van der Waals surface area contributed by atoms with E-state index in [1.165, 1.54) is 24.0 Å². The van der Waals surface area contributed by atoms with Crippen LogP contribution in [0.15, 0.2) is 24.3 Å².